The van der Waals surface area contributed by atoms with Crippen molar-refractivity contribution in [2.75, 3.05) is 0 Å². The summed E-state index contributed by atoms with van der Waals surface area (Å²) in [5, 5.41) is 10.1. The molecule has 0 radical (unpaired) electrons. The van der Waals surface area contributed by atoms with Crippen LogP contribution < -0.4 is 0 Å². The predicted octanol–water partition coefficient (Wildman–Crippen LogP) is 2.89. The molecule has 1 atom stereocenters. The number of pyridine rings is 2. The molecule has 0 bridgehead atoms. The van der Waals surface area contributed by atoms with Crippen LogP contribution >= 0.6 is 0 Å². The zero-order valence-electron chi connectivity index (χ0n) is 10.0. The minimum atomic E-state index is -4.53. The van der Waals surface area contributed by atoms with Crippen molar-refractivity contribution in [2.45, 2.75) is 19.2 Å². The summed E-state index contributed by atoms with van der Waals surface area (Å²) in [5.41, 5.74) is -0.143. The Morgan fingerprint density at radius 2 is 1.68 bits per heavy atom. The third-order valence-corrected chi connectivity index (χ3v) is 2.81. The summed E-state index contributed by atoms with van der Waals surface area (Å²) in [6, 6.07) is 2.35. The second-order valence-electron chi connectivity index (χ2n) is 4.10. The third-order valence-electron chi connectivity index (χ3n) is 2.81. The van der Waals surface area contributed by atoms with E-state index < -0.39 is 17.8 Å². The molecule has 2 aromatic heterocycles. The molecule has 2 rings (SSSR count). The molecule has 1 unspecified atom stereocenters. The molecule has 0 aliphatic rings. The summed E-state index contributed by atoms with van der Waals surface area (Å²) >= 11 is 0. The zero-order chi connectivity index (χ0) is 14.0. The molecule has 100 valence electrons. The number of aliphatic hydroxyl groups excluding tert-OH is 1. The first-order valence-corrected chi connectivity index (χ1v) is 5.51. The largest absolute Gasteiger partial charge is 0.416 e. The fourth-order valence-corrected chi connectivity index (χ4v) is 1.84. The highest BCUT2D eigenvalue weighted by molar-refractivity contribution is 5.37. The van der Waals surface area contributed by atoms with E-state index in [1.807, 2.05) is 0 Å². The van der Waals surface area contributed by atoms with Crippen LogP contribution in [0.4, 0.5) is 13.2 Å². The maximum absolute atomic E-state index is 12.9. The highest BCUT2D eigenvalue weighted by Crippen LogP contribution is 2.36. The van der Waals surface area contributed by atoms with Gasteiger partial charge in [0.1, 0.15) is 6.10 Å². The van der Waals surface area contributed by atoms with Crippen molar-refractivity contribution in [2.24, 2.45) is 0 Å². The van der Waals surface area contributed by atoms with Crippen LogP contribution in [-0.4, -0.2) is 15.1 Å². The molecule has 2 aromatic rings. The Labute approximate surface area is 107 Å². The van der Waals surface area contributed by atoms with E-state index >= 15 is 0 Å². The van der Waals surface area contributed by atoms with E-state index in [0.717, 1.165) is 18.5 Å². The number of rotatable bonds is 2. The normalized spacial score (nSPS) is 13.3. The molecule has 1 N–H and O–H groups in total. The van der Waals surface area contributed by atoms with Crippen molar-refractivity contribution in [3.05, 3.63) is 59.2 Å². The lowest BCUT2D eigenvalue weighted by Crippen LogP contribution is -2.13. The average Bonchev–Trinajstić information content (AvgIpc) is 2.37. The summed E-state index contributed by atoms with van der Waals surface area (Å²) in [4.78, 5) is 7.50. The molecule has 3 nitrogen and oxygen atoms in total. The number of hydrogen-bond donors (Lipinski definition) is 1. The maximum atomic E-state index is 12.9. The average molecular weight is 268 g/mol. The van der Waals surface area contributed by atoms with Crippen molar-refractivity contribution in [3.63, 3.8) is 0 Å². The van der Waals surface area contributed by atoms with E-state index in [9.17, 15) is 18.3 Å². The van der Waals surface area contributed by atoms with Crippen LogP contribution in [0, 0.1) is 6.92 Å². The monoisotopic (exact) mass is 268 g/mol. The summed E-state index contributed by atoms with van der Waals surface area (Å²) in [7, 11) is 0. The third kappa shape index (κ3) is 2.73. The van der Waals surface area contributed by atoms with Crippen molar-refractivity contribution >= 4 is 0 Å². The molecule has 0 saturated heterocycles. The smallest absolute Gasteiger partial charge is 0.384 e. The van der Waals surface area contributed by atoms with Crippen molar-refractivity contribution in [1.82, 2.24) is 9.97 Å². The lowest BCUT2D eigenvalue weighted by molar-refractivity contribution is -0.139. The Balaban J connectivity index is 2.51. The summed E-state index contributed by atoms with van der Waals surface area (Å²) in [6.45, 7) is 1.68. The highest BCUT2D eigenvalue weighted by atomic mass is 19.4. The predicted molar refractivity (Wildman–Crippen MR) is 62.3 cm³/mol. The Morgan fingerprint density at radius 1 is 1.05 bits per heavy atom. The highest BCUT2D eigenvalue weighted by Gasteiger charge is 2.35. The van der Waals surface area contributed by atoms with Gasteiger partial charge in [-0.25, -0.2) is 0 Å². The van der Waals surface area contributed by atoms with Crippen molar-refractivity contribution < 1.29 is 18.3 Å². The molecule has 0 aromatic carbocycles. The molecule has 0 aliphatic heterocycles. The Bertz CT molecular complexity index is 584. The van der Waals surface area contributed by atoms with Crippen LogP contribution in [0.5, 0.6) is 0 Å². The summed E-state index contributed by atoms with van der Waals surface area (Å²) < 4.78 is 38.6. The van der Waals surface area contributed by atoms with E-state index in [1.54, 1.807) is 6.92 Å². The molecular formula is C13H11F3N2O. The molecule has 0 fully saturated rings. The van der Waals surface area contributed by atoms with Crippen LogP contribution in [0.3, 0.4) is 0 Å². The Morgan fingerprint density at radius 3 is 2.32 bits per heavy atom. The van der Waals surface area contributed by atoms with Gasteiger partial charge in [-0.3, -0.25) is 9.97 Å². The molecule has 0 aliphatic carbocycles. The first kappa shape index (κ1) is 13.5. The van der Waals surface area contributed by atoms with Gasteiger partial charge in [-0.2, -0.15) is 13.2 Å². The second kappa shape index (κ2) is 4.97. The molecule has 0 saturated carbocycles. The number of hydrogen-bond acceptors (Lipinski definition) is 3. The maximum Gasteiger partial charge on any atom is 0.416 e. The van der Waals surface area contributed by atoms with Crippen LogP contribution in [0.15, 0.2) is 36.9 Å². The molecule has 2 heterocycles. The molecule has 6 heteroatoms. The van der Waals surface area contributed by atoms with E-state index in [0.29, 0.717) is 11.1 Å². The lowest BCUT2D eigenvalue weighted by atomic mass is 9.96. The number of halogens is 3. The van der Waals surface area contributed by atoms with Gasteiger partial charge in [-0.1, -0.05) is 0 Å². The number of aryl methyl sites for hydroxylation is 1. The summed E-state index contributed by atoms with van der Waals surface area (Å²) in [5.74, 6) is 0. The first-order chi connectivity index (χ1) is 8.91. The van der Waals surface area contributed by atoms with Gasteiger partial charge < -0.3 is 5.11 Å². The lowest BCUT2D eigenvalue weighted by Gasteiger charge is -2.18. The number of nitrogens with zero attached hydrogens (tertiary/aromatic N) is 2. The number of alkyl halides is 3. The van der Waals surface area contributed by atoms with Gasteiger partial charge in [0.25, 0.3) is 0 Å². The fourth-order valence-electron chi connectivity index (χ4n) is 1.84. The van der Waals surface area contributed by atoms with Crippen LogP contribution in [0.25, 0.3) is 0 Å². The van der Waals surface area contributed by atoms with Gasteiger partial charge in [0.05, 0.1) is 5.56 Å². The van der Waals surface area contributed by atoms with E-state index in [2.05, 4.69) is 9.97 Å². The fraction of sp³-hybridized carbons (Fsp3) is 0.231. The topological polar surface area (TPSA) is 46.0 Å². The molecule has 0 amide bonds. The van der Waals surface area contributed by atoms with Crippen molar-refractivity contribution in [3.8, 4) is 0 Å². The van der Waals surface area contributed by atoms with Crippen LogP contribution in [0.1, 0.15) is 28.4 Å². The molecular weight excluding hydrogens is 257 g/mol. The van der Waals surface area contributed by atoms with Gasteiger partial charge >= 0.3 is 6.18 Å². The Kier molecular flexibility index (Phi) is 3.53. The quantitative estimate of drug-likeness (QED) is 0.911. The van der Waals surface area contributed by atoms with Crippen LogP contribution in [-0.2, 0) is 6.18 Å². The first-order valence-electron chi connectivity index (χ1n) is 5.51. The summed E-state index contributed by atoms with van der Waals surface area (Å²) in [6.07, 6.45) is -0.906. The van der Waals surface area contributed by atoms with Gasteiger partial charge in [-0.15, -0.1) is 0 Å². The molecule has 0 spiro atoms. The van der Waals surface area contributed by atoms with Gasteiger partial charge in [0.15, 0.2) is 0 Å². The van der Waals surface area contributed by atoms with Gasteiger partial charge in [0, 0.05) is 30.4 Å². The number of aliphatic hydroxyl groups is 1. The van der Waals surface area contributed by atoms with E-state index in [1.165, 1.54) is 18.5 Å². The minimum Gasteiger partial charge on any atom is -0.384 e. The second-order valence-corrected chi connectivity index (χ2v) is 4.10. The van der Waals surface area contributed by atoms with Gasteiger partial charge in [0.2, 0.25) is 0 Å². The van der Waals surface area contributed by atoms with Crippen LogP contribution in [0.2, 0.25) is 0 Å². The van der Waals surface area contributed by atoms with E-state index in [-0.39, 0.29) is 5.56 Å². The van der Waals surface area contributed by atoms with Crippen molar-refractivity contribution in [1.29, 1.82) is 0 Å². The standard InChI is InChI=1S/C13H11F3N2O/c1-8-6-17-4-2-9(8)12(19)10-7-18-5-3-11(10)13(14,15)16/h2-7,12,19H,1H3. The molecule has 19 heavy (non-hydrogen) atoms. The zero-order valence-corrected chi connectivity index (χ0v) is 10.0. The SMILES string of the molecule is Cc1cnccc1C(O)c1cnccc1C(F)(F)F. The number of aromatic nitrogens is 2. The Hall–Kier alpha value is -1.95. The van der Waals surface area contributed by atoms with E-state index in [4.69, 9.17) is 0 Å². The van der Waals surface area contributed by atoms with Gasteiger partial charge in [-0.05, 0) is 30.2 Å². The minimum absolute atomic E-state index is 0.260.